The smallest absolute Gasteiger partial charge is 0.412 e. The molecule has 6 heteroatoms. The van der Waals surface area contributed by atoms with Gasteiger partial charge in [-0.15, -0.1) is 0 Å². The van der Waals surface area contributed by atoms with Gasteiger partial charge in [0, 0.05) is 32.0 Å². The summed E-state index contributed by atoms with van der Waals surface area (Å²) >= 11 is 2.33. The molecule has 1 aliphatic heterocycles. The van der Waals surface area contributed by atoms with Crippen molar-refractivity contribution >= 4 is 28.7 Å². The molecular formula is C26H27IN2O3. The zero-order valence-electron chi connectivity index (χ0n) is 18.1. The summed E-state index contributed by atoms with van der Waals surface area (Å²) in [4.78, 5) is 19.3. The molecule has 0 bridgehead atoms. The second-order valence-electron chi connectivity index (χ2n) is 8.23. The number of cyclic esters (lactones) is 1. The van der Waals surface area contributed by atoms with Crippen LogP contribution in [-0.2, 0) is 13.9 Å². The number of nitrogens with zero attached hydrogens (tertiary/aromatic N) is 2. The van der Waals surface area contributed by atoms with Gasteiger partial charge in [0.15, 0.2) is 0 Å². The molecule has 1 amide bonds. The standard InChI is InChI=1S/C26H27IN2O3/c1-25(27,22-12-10-20(11-13-22)21-7-5-16-28-19-21)29-17-15-26(14-6-18-30,32-24(29)31)23-8-3-2-4-9-23/h2-5,7-13,16,19,30H,6,14-15,17-18H2,1H3/t25-,26?/m1/s1. The lowest BCUT2D eigenvalue weighted by molar-refractivity contribution is -0.0698. The Hall–Kier alpha value is -2.45. The van der Waals surface area contributed by atoms with Crippen LogP contribution in [0.5, 0.6) is 0 Å². The Bertz CT molecular complexity index is 1040. The number of amides is 1. The fraction of sp³-hybridized carbons (Fsp3) is 0.308. The number of halogens is 1. The van der Waals surface area contributed by atoms with Gasteiger partial charge in [0.1, 0.15) is 9.15 Å². The minimum Gasteiger partial charge on any atom is -0.438 e. The van der Waals surface area contributed by atoms with E-state index in [9.17, 15) is 9.90 Å². The fourth-order valence-corrected chi connectivity index (χ4v) is 5.12. The van der Waals surface area contributed by atoms with Gasteiger partial charge in [-0.1, -0.05) is 60.7 Å². The maximum absolute atomic E-state index is 13.3. The SMILES string of the molecule is C[C@](I)(c1ccc(-c2cccnc2)cc1)N1CCC(CCCO)(c2ccccc2)OC1=O. The molecule has 32 heavy (non-hydrogen) atoms. The summed E-state index contributed by atoms with van der Waals surface area (Å²) in [6.07, 6.45) is 5.14. The van der Waals surface area contributed by atoms with E-state index in [0.717, 1.165) is 22.3 Å². The molecule has 5 nitrogen and oxygen atoms in total. The van der Waals surface area contributed by atoms with Crippen molar-refractivity contribution in [2.24, 2.45) is 0 Å². The fourth-order valence-electron chi connectivity index (χ4n) is 4.32. The molecule has 1 aromatic heterocycles. The van der Waals surface area contributed by atoms with E-state index in [1.165, 1.54) is 0 Å². The first-order valence-corrected chi connectivity index (χ1v) is 11.9. The lowest BCUT2D eigenvalue weighted by Crippen LogP contribution is -2.53. The number of hydrogen-bond donors (Lipinski definition) is 1. The maximum Gasteiger partial charge on any atom is 0.412 e. The molecule has 0 saturated carbocycles. The predicted octanol–water partition coefficient (Wildman–Crippen LogP) is 5.87. The van der Waals surface area contributed by atoms with Crippen LogP contribution in [0.1, 0.15) is 37.3 Å². The summed E-state index contributed by atoms with van der Waals surface area (Å²) in [5.74, 6) is 0. The van der Waals surface area contributed by atoms with Crippen LogP contribution in [0, 0.1) is 0 Å². The largest absolute Gasteiger partial charge is 0.438 e. The van der Waals surface area contributed by atoms with Crippen LogP contribution >= 0.6 is 22.6 Å². The molecule has 1 saturated heterocycles. The van der Waals surface area contributed by atoms with Gasteiger partial charge in [0.2, 0.25) is 0 Å². The summed E-state index contributed by atoms with van der Waals surface area (Å²) in [5, 5.41) is 9.40. The van der Waals surface area contributed by atoms with Crippen molar-refractivity contribution in [1.82, 2.24) is 9.88 Å². The molecule has 1 aliphatic rings. The number of ether oxygens (including phenoxy) is 1. The molecular weight excluding hydrogens is 515 g/mol. The van der Waals surface area contributed by atoms with Crippen molar-refractivity contribution in [1.29, 1.82) is 0 Å². The van der Waals surface area contributed by atoms with Gasteiger partial charge < -0.3 is 9.84 Å². The zero-order valence-corrected chi connectivity index (χ0v) is 20.2. The number of pyridine rings is 1. The molecule has 1 N–H and O–H groups in total. The number of carbonyl (C=O) groups is 1. The van der Waals surface area contributed by atoms with Gasteiger partial charge in [0.05, 0.1) is 0 Å². The van der Waals surface area contributed by atoms with Crippen LogP contribution in [-0.4, -0.2) is 34.2 Å². The molecule has 1 unspecified atom stereocenters. The highest BCUT2D eigenvalue weighted by molar-refractivity contribution is 14.1. The molecule has 0 radical (unpaired) electrons. The third kappa shape index (κ3) is 4.52. The second-order valence-corrected chi connectivity index (χ2v) is 10.3. The Labute approximate surface area is 202 Å². The van der Waals surface area contributed by atoms with Crippen molar-refractivity contribution in [3.8, 4) is 11.1 Å². The minimum absolute atomic E-state index is 0.0726. The number of alkyl halides is 1. The van der Waals surface area contributed by atoms with Crippen molar-refractivity contribution in [2.75, 3.05) is 13.2 Å². The zero-order chi connectivity index (χ0) is 22.6. The first-order chi connectivity index (χ1) is 15.5. The quantitative estimate of drug-likeness (QED) is 0.231. The summed E-state index contributed by atoms with van der Waals surface area (Å²) in [6, 6.07) is 22.1. The van der Waals surface area contributed by atoms with Crippen LogP contribution in [0.25, 0.3) is 11.1 Å². The van der Waals surface area contributed by atoms with Crippen LogP contribution in [0.2, 0.25) is 0 Å². The van der Waals surface area contributed by atoms with Crippen LogP contribution in [0.15, 0.2) is 79.1 Å². The van der Waals surface area contributed by atoms with Gasteiger partial charge >= 0.3 is 6.09 Å². The number of aliphatic hydroxyl groups excluding tert-OH is 1. The van der Waals surface area contributed by atoms with Gasteiger partial charge in [-0.25, -0.2) is 4.79 Å². The Morgan fingerprint density at radius 2 is 1.84 bits per heavy atom. The monoisotopic (exact) mass is 542 g/mol. The lowest BCUT2D eigenvalue weighted by Gasteiger charge is -2.46. The maximum atomic E-state index is 13.3. The number of aromatic nitrogens is 1. The average molecular weight is 542 g/mol. The van der Waals surface area contributed by atoms with E-state index < -0.39 is 9.15 Å². The Morgan fingerprint density at radius 3 is 2.47 bits per heavy atom. The van der Waals surface area contributed by atoms with Crippen molar-refractivity contribution in [3.63, 3.8) is 0 Å². The summed E-state index contributed by atoms with van der Waals surface area (Å²) in [5.41, 5.74) is 3.46. The summed E-state index contributed by atoms with van der Waals surface area (Å²) < 4.78 is 5.58. The number of hydrogen-bond acceptors (Lipinski definition) is 4. The topological polar surface area (TPSA) is 62.7 Å². The van der Waals surface area contributed by atoms with E-state index in [0.29, 0.717) is 25.8 Å². The molecule has 2 atom stereocenters. The van der Waals surface area contributed by atoms with Crippen molar-refractivity contribution < 1.29 is 14.6 Å². The van der Waals surface area contributed by atoms with Crippen LogP contribution in [0.3, 0.4) is 0 Å². The highest BCUT2D eigenvalue weighted by Crippen LogP contribution is 2.44. The van der Waals surface area contributed by atoms with Crippen LogP contribution in [0.4, 0.5) is 4.79 Å². The van der Waals surface area contributed by atoms with Gasteiger partial charge in [-0.2, -0.15) is 0 Å². The third-order valence-electron chi connectivity index (χ3n) is 6.19. The minimum atomic E-state index is -0.700. The molecule has 0 aliphatic carbocycles. The highest BCUT2D eigenvalue weighted by atomic mass is 127. The van der Waals surface area contributed by atoms with E-state index in [1.54, 1.807) is 11.1 Å². The van der Waals surface area contributed by atoms with E-state index >= 15 is 0 Å². The van der Waals surface area contributed by atoms with Gasteiger partial charge in [-0.3, -0.25) is 9.88 Å². The van der Waals surface area contributed by atoms with E-state index in [2.05, 4.69) is 51.8 Å². The molecule has 2 aromatic carbocycles. The van der Waals surface area contributed by atoms with Crippen molar-refractivity contribution in [3.05, 3.63) is 90.3 Å². The summed E-state index contributed by atoms with van der Waals surface area (Å²) in [7, 11) is 0. The average Bonchev–Trinajstić information content (AvgIpc) is 2.84. The molecule has 166 valence electrons. The second kappa shape index (κ2) is 9.58. The van der Waals surface area contributed by atoms with E-state index in [1.807, 2.05) is 55.6 Å². The third-order valence-corrected chi connectivity index (χ3v) is 7.40. The number of aliphatic hydroxyl groups is 1. The van der Waals surface area contributed by atoms with E-state index in [-0.39, 0.29) is 12.7 Å². The molecule has 1 fully saturated rings. The van der Waals surface area contributed by atoms with Crippen molar-refractivity contribution in [2.45, 2.75) is 35.3 Å². The van der Waals surface area contributed by atoms with Gasteiger partial charge in [-0.05, 0) is 70.7 Å². The highest BCUT2D eigenvalue weighted by Gasteiger charge is 2.46. The molecule has 2 heterocycles. The predicted molar refractivity (Wildman–Crippen MR) is 133 cm³/mol. The first-order valence-electron chi connectivity index (χ1n) is 10.8. The number of rotatable bonds is 7. The number of benzene rings is 2. The Balaban J connectivity index is 1.56. The van der Waals surface area contributed by atoms with Crippen LogP contribution < -0.4 is 0 Å². The Morgan fingerprint density at radius 1 is 1.09 bits per heavy atom. The first kappa shape index (κ1) is 22.7. The molecule has 0 spiro atoms. The lowest BCUT2D eigenvalue weighted by atomic mass is 9.84. The Kier molecular flexibility index (Phi) is 6.81. The molecule has 4 rings (SSSR count). The van der Waals surface area contributed by atoms with Gasteiger partial charge in [0.25, 0.3) is 0 Å². The molecule has 3 aromatic rings. The normalized spacial score (nSPS) is 20.5. The number of carbonyl (C=O) groups excluding carboxylic acids is 1. The summed E-state index contributed by atoms with van der Waals surface area (Å²) in [6.45, 7) is 2.68. The van der Waals surface area contributed by atoms with E-state index in [4.69, 9.17) is 4.74 Å².